The summed E-state index contributed by atoms with van der Waals surface area (Å²) in [5.41, 5.74) is -17.7. The number of rotatable bonds is 4. The minimum Gasteiger partial charge on any atom is -0.203 e. The second-order valence-corrected chi connectivity index (χ2v) is 9.28. The van der Waals surface area contributed by atoms with Gasteiger partial charge in [-0.15, -0.1) is 0 Å². The van der Waals surface area contributed by atoms with Crippen molar-refractivity contribution in [3.63, 3.8) is 0 Å². The summed E-state index contributed by atoms with van der Waals surface area (Å²) >= 11 is 0. The molecule has 0 heterocycles. The maximum Gasteiger partial charge on any atom is 0.180 e. The van der Waals surface area contributed by atoms with Gasteiger partial charge in [0.15, 0.2) is 69.8 Å². The molecule has 1 fully saturated rings. The normalized spacial score (nSPS) is 16.0. The molecular weight excluding hydrogens is 672 g/mol. The average molecular weight is 674 g/mol. The average Bonchev–Trinajstić information content (AvgIpc) is 3.78. The van der Waals surface area contributed by atoms with Crippen molar-refractivity contribution in [3.8, 4) is 36.4 Å². The molecule has 18 heteroatoms. The van der Waals surface area contributed by atoms with Gasteiger partial charge in [0.2, 0.25) is 0 Å². The van der Waals surface area contributed by atoms with Crippen LogP contribution in [-0.2, 0) is 0 Å². The molecule has 1 aliphatic rings. The molecule has 0 amide bonds. The zero-order valence-electron chi connectivity index (χ0n) is 22.4. The van der Waals surface area contributed by atoms with Gasteiger partial charge in [-0.3, -0.25) is 0 Å². The van der Waals surface area contributed by atoms with Crippen LogP contribution in [0.25, 0.3) is 11.1 Å². The number of allylic oxidation sites excluding steroid dienone is 4. The fraction of sp³-hybridized carbons (Fsp3) is 0.0667. The first-order chi connectivity index (χ1) is 22.6. The van der Waals surface area contributed by atoms with Crippen molar-refractivity contribution in [1.29, 1.82) is 31.6 Å². The summed E-state index contributed by atoms with van der Waals surface area (Å²) in [7, 11) is 0. The third-order valence-corrected chi connectivity index (χ3v) is 7.03. The highest BCUT2D eigenvalue weighted by molar-refractivity contribution is 5.98. The van der Waals surface area contributed by atoms with Crippen molar-refractivity contribution in [3.05, 3.63) is 114 Å². The summed E-state index contributed by atoms with van der Waals surface area (Å²) in [5.74, 6) is -34.9. The second-order valence-electron chi connectivity index (χ2n) is 9.28. The van der Waals surface area contributed by atoms with Crippen molar-refractivity contribution >= 4 is 11.1 Å². The molecule has 0 spiro atoms. The number of nitriles is 6. The first-order valence-electron chi connectivity index (χ1n) is 12.1. The highest BCUT2D eigenvalue weighted by Crippen LogP contribution is 2.60. The van der Waals surface area contributed by atoms with Crippen molar-refractivity contribution in [2.24, 2.45) is 5.92 Å². The predicted octanol–water partition coefficient (Wildman–Crippen LogP) is 7.16. The van der Waals surface area contributed by atoms with E-state index in [1.165, 1.54) is 0 Å². The van der Waals surface area contributed by atoms with E-state index in [-0.39, 0.29) is 0 Å². The molecule has 3 aromatic carbocycles. The molecule has 0 bridgehead atoms. The van der Waals surface area contributed by atoms with Gasteiger partial charge >= 0.3 is 0 Å². The minimum absolute atomic E-state index is 0.775. The minimum atomic E-state index is -2.84. The summed E-state index contributed by atoms with van der Waals surface area (Å²) in [5, 5.41) is 56.0. The predicted molar refractivity (Wildman–Crippen MR) is 130 cm³/mol. The summed E-state index contributed by atoms with van der Waals surface area (Å²) in [6.07, 6.45) is 0. The molecule has 0 aliphatic heterocycles. The standard InChI is InChI=1S/C30H2F12N6/c31-19-10(4-46)20(32)26(38)16(25(19)37)7(1-43)13-14(8(2-44)17-27(39)21(33)11(5-47)22(34)28(17)40)15(13)9(3-45)18-29(41)23(35)12(6-48)24(36)30(18)42/h7,13H/b14-8-,15-9?. The van der Waals surface area contributed by atoms with Gasteiger partial charge < -0.3 is 0 Å². The Kier molecular flexibility index (Phi) is 8.68. The van der Waals surface area contributed by atoms with Crippen LogP contribution >= 0.6 is 0 Å². The van der Waals surface area contributed by atoms with Gasteiger partial charge in [0.05, 0.1) is 34.3 Å². The van der Waals surface area contributed by atoms with Crippen LogP contribution in [0.5, 0.6) is 0 Å². The Balaban J connectivity index is 2.27. The van der Waals surface area contributed by atoms with Gasteiger partial charge in [-0.1, -0.05) is 0 Å². The van der Waals surface area contributed by atoms with E-state index < -0.39 is 137 Å². The lowest BCUT2D eigenvalue weighted by molar-refractivity contribution is 0.429. The van der Waals surface area contributed by atoms with Crippen LogP contribution in [0.4, 0.5) is 52.7 Å². The highest BCUT2D eigenvalue weighted by atomic mass is 19.2. The fourth-order valence-electron chi connectivity index (χ4n) is 4.88. The van der Waals surface area contributed by atoms with E-state index in [0.717, 1.165) is 36.4 Å². The fourth-order valence-corrected chi connectivity index (χ4v) is 4.88. The zero-order chi connectivity index (χ0) is 36.1. The van der Waals surface area contributed by atoms with Crippen molar-refractivity contribution in [1.82, 2.24) is 0 Å². The molecule has 3 aromatic rings. The van der Waals surface area contributed by atoms with E-state index >= 15 is 26.3 Å². The number of nitrogens with zero attached hydrogens (tertiary/aromatic N) is 6. The zero-order valence-corrected chi connectivity index (χ0v) is 22.4. The number of benzene rings is 3. The van der Waals surface area contributed by atoms with Crippen LogP contribution in [0.2, 0.25) is 0 Å². The smallest absolute Gasteiger partial charge is 0.180 e. The van der Waals surface area contributed by atoms with Gasteiger partial charge in [0.25, 0.3) is 0 Å². The van der Waals surface area contributed by atoms with Gasteiger partial charge in [-0.05, 0) is 11.1 Å². The summed E-state index contributed by atoms with van der Waals surface area (Å²) in [6, 6.07) is 5.38. The molecule has 4 rings (SSSR count). The first-order valence-corrected chi connectivity index (χ1v) is 12.1. The molecule has 1 saturated carbocycles. The molecule has 236 valence electrons. The van der Waals surface area contributed by atoms with E-state index in [2.05, 4.69) is 0 Å². The van der Waals surface area contributed by atoms with Gasteiger partial charge in [-0.2, -0.15) is 31.6 Å². The maximum absolute atomic E-state index is 15.1. The molecule has 48 heavy (non-hydrogen) atoms. The topological polar surface area (TPSA) is 143 Å². The monoisotopic (exact) mass is 674 g/mol. The Bertz CT molecular complexity index is 2150. The van der Waals surface area contributed by atoms with Crippen LogP contribution < -0.4 is 0 Å². The summed E-state index contributed by atoms with van der Waals surface area (Å²) in [6.45, 7) is 0. The molecule has 6 nitrogen and oxygen atoms in total. The van der Waals surface area contributed by atoms with Gasteiger partial charge in [0, 0.05) is 11.5 Å². The molecule has 2 unspecified atom stereocenters. The first kappa shape index (κ1) is 34.1. The van der Waals surface area contributed by atoms with Crippen molar-refractivity contribution in [2.75, 3.05) is 0 Å². The Hall–Kier alpha value is -6.76. The van der Waals surface area contributed by atoms with E-state index in [4.69, 9.17) is 15.8 Å². The van der Waals surface area contributed by atoms with E-state index in [1.807, 2.05) is 0 Å². The summed E-state index contributed by atoms with van der Waals surface area (Å²) in [4.78, 5) is 0. The van der Waals surface area contributed by atoms with Crippen LogP contribution in [-0.4, -0.2) is 0 Å². The SMILES string of the molecule is N#CC(=C1/C(=C(/C#N)c2c(F)c(F)c(C#N)c(F)c2F)C1C(C#N)c1c(F)c(F)c(C#N)c(F)c1F)c1c(F)c(F)c(C#N)c(F)c1F. The third-order valence-electron chi connectivity index (χ3n) is 7.03. The Morgan fingerprint density at radius 1 is 0.417 bits per heavy atom. The van der Waals surface area contributed by atoms with E-state index in [0.29, 0.717) is 0 Å². The molecule has 0 radical (unpaired) electrons. The number of hydrogen-bond donors (Lipinski definition) is 0. The Morgan fingerprint density at radius 3 is 0.917 bits per heavy atom. The second kappa shape index (κ2) is 12.2. The summed E-state index contributed by atoms with van der Waals surface area (Å²) < 4.78 is 177. The van der Waals surface area contributed by atoms with Gasteiger partial charge in [-0.25, -0.2) is 52.7 Å². The lowest BCUT2D eigenvalue weighted by Gasteiger charge is -2.13. The largest absolute Gasteiger partial charge is 0.203 e. The van der Waals surface area contributed by atoms with E-state index in [9.17, 15) is 42.1 Å². The quantitative estimate of drug-likeness (QED) is 0.163. The van der Waals surface area contributed by atoms with Crippen LogP contribution in [0.15, 0.2) is 11.1 Å². The lowest BCUT2D eigenvalue weighted by atomic mass is 9.90. The third kappa shape index (κ3) is 4.64. The molecule has 0 N–H and O–H groups in total. The number of hydrogen-bond acceptors (Lipinski definition) is 6. The highest BCUT2D eigenvalue weighted by Gasteiger charge is 2.53. The Morgan fingerprint density at radius 2 is 0.688 bits per heavy atom. The van der Waals surface area contributed by atoms with Crippen LogP contribution in [0.1, 0.15) is 39.3 Å². The molecule has 0 saturated heterocycles. The number of halogens is 12. The van der Waals surface area contributed by atoms with Crippen LogP contribution in [0, 0.1) is 144 Å². The van der Waals surface area contributed by atoms with Crippen molar-refractivity contribution in [2.45, 2.75) is 5.92 Å². The Labute approximate surface area is 258 Å². The van der Waals surface area contributed by atoms with Gasteiger partial charge in [0.1, 0.15) is 47.0 Å². The molecule has 1 aliphatic carbocycles. The lowest BCUT2D eigenvalue weighted by Crippen LogP contribution is -2.12. The maximum atomic E-state index is 15.1. The molecule has 0 aromatic heterocycles. The van der Waals surface area contributed by atoms with Crippen molar-refractivity contribution < 1.29 is 52.7 Å². The molecular formula is C30H2F12N6. The molecule has 2 atom stereocenters. The van der Waals surface area contributed by atoms with Crippen LogP contribution in [0.3, 0.4) is 0 Å². The van der Waals surface area contributed by atoms with E-state index in [1.54, 1.807) is 0 Å².